The largest absolute Gasteiger partial charge is 0.345 e. The number of benzene rings is 10. The van der Waals surface area contributed by atoms with Crippen molar-refractivity contribution in [3.05, 3.63) is 337 Å². The van der Waals surface area contributed by atoms with Crippen LogP contribution in [0, 0.1) is 0 Å². The normalized spacial score (nSPS) is 8.51. The number of anilines is 2. The fourth-order valence-corrected chi connectivity index (χ4v) is 8.29. The fourth-order valence-electron chi connectivity index (χ4n) is 6.99. The molecule has 0 saturated heterocycles. The van der Waals surface area contributed by atoms with Crippen LogP contribution in [0.4, 0.5) is 11.4 Å². The lowest BCUT2D eigenvalue weighted by Gasteiger charge is -2.18. The molecule has 0 atom stereocenters. The third-order valence-electron chi connectivity index (χ3n) is 10.7. The molecule has 482 valence electrons. The molecule has 0 aromatic heterocycles. The molecule has 0 radical (unpaired) electrons. The summed E-state index contributed by atoms with van der Waals surface area (Å²) in [5.74, 6) is 0.0752. The van der Waals surface area contributed by atoms with E-state index >= 15 is 0 Å². The van der Waals surface area contributed by atoms with Crippen molar-refractivity contribution in [1.29, 1.82) is 0 Å². The zero-order valence-corrected chi connectivity index (χ0v) is 59.7. The minimum absolute atomic E-state index is 0.0752. The fraction of sp³-hybridized carbons (Fsp3) is 0.274. The maximum absolute atomic E-state index is 12.0. The molecular formula is C84H117NO3S. The summed E-state index contributed by atoms with van der Waals surface area (Å²) in [5, 5.41) is 0. The van der Waals surface area contributed by atoms with Crippen molar-refractivity contribution < 1.29 is 13.2 Å². The number of para-hydroxylation sites is 2. The van der Waals surface area contributed by atoms with Gasteiger partial charge in [-0.2, -0.15) is 0 Å². The van der Waals surface area contributed by atoms with Crippen LogP contribution in [-0.4, -0.2) is 21.2 Å². The maximum atomic E-state index is 12.0. The highest BCUT2D eigenvalue weighted by Gasteiger charge is 2.16. The molecule has 0 aliphatic carbocycles. The molecule has 5 heteroatoms. The Kier molecular flexibility index (Phi) is 67.4. The summed E-state index contributed by atoms with van der Waals surface area (Å²) in [5.41, 5.74) is 9.36. The first-order chi connectivity index (χ1) is 43.9. The molecule has 0 saturated carbocycles. The molecule has 0 aliphatic rings. The quantitative estimate of drug-likeness (QED) is 0.128. The number of carbonyl (C=O) groups excluding carboxylic acids is 1. The SMILES string of the molecule is CC.CC.CC.CC.CC.CC.CC.CC.CC.CC.CN(c1ccccc1)c1ccccc1.O=C(c1ccccc1)c1ccccc1.O=S(=O)(c1ccccc1)c1ccccc1.c1ccc(Cc2ccccc2)cc1.c1ccc(Cc2ccccc2)cc1. The van der Waals surface area contributed by atoms with Gasteiger partial charge in [0.2, 0.25) is 9.84 Å². The minimum Gasteiger partial charge on any atom is -0.345 e. The Morgan fingerprint density at radius 2 is 0.404 bits per heavy atom. The van der Waals surface area contributed by atoms with Crippen molar-refractivity contribution in [2.45, 2.75) is 161 Å². The van der Waals surface area contributed by atoms with Gasteiger partial charge in [0.1, 0.15) is 0 Å². The van der Waals surface area contributed by atoms with Gasteiger partial charge in [-0.05, 0) is 83.6 Å². The van der Waals surface area contributed by atoms with Crippen molar-refractivity contribution in [2.24, 2.45) is 0 Å². The molecule has 0 N–H and O–H groups in total. The predicted octanol–water partition coefficient (Wildman–Crippen LogP) is 25.7. The summed E-state index contributed by atoms with van der Waals surface area (Å²) in [6.45, 7) is 40.0. The molecule has 0 heterocycles. The first-order valence-corrected chi connectivity index (χ1v) is 34.3. The van der Waals surface area contributed by atoms with Crippen molar-refractivity contribution in [3.8, 4) is 0 Å². The summed E-state index contributed by atoms with van der Waals surface area (Å²) in [6.07, 6.45) is 2.06. The van der Waals surface area contributed by atoms with E-state index in [2.05, 4.69) is 182 Å². The van der Waals surface area contributed by atoms with Crippen molar-refractivity contribution in [3.63, 3.8) is 0 Å². The van der Waals surface area contributed by atoms with E-state index in [-0.39, 0.29) is 5.78 Å². The Hall–Kier alpha value is -8.38. The molecule has 10 aromatic rings. The molecule has 0 amide bonds. The topological polar surface area (TPSA) is 54.5 Å². The number of hydrogen-bond acceptors (Lipinski definition) is 4. The molecular weight excluding hydrogens is 1100 g/mol. The van der Waals surface area contributed by atoms with Crippen LogP contribution in [0.3, 0.4) is 0 Å². The highest BCUT2D eigenvalue weighted by atomic mass is 32.2. The lowest BCUT2D eigenvalue weighted by atomic mass is 10.0. The molecule has 89 heavy (non-hydrogen) atoms. The van der Waals surface area contributed by atoms with Crippen molar-refractivity contribution >= 4 is 27.0 Å². The number of hydrogen-bond donors (Lipinski definition) is 0. The van der Waals surface area contributed by atoms with E-state index in [1.54, 1.807) is 60.7 Å². The molecule has 10 aromatic carbocycles. The Balaban J connectivity index is -0.000000308. The summed E-state index contributed by atoms with van der Waals surface area (Å²) < 4.78 is 24.1. The third kappa shape index (κ3) is 41.4. The second kappa shape index (κ2) is 67.1. The highest BCUT2D eigenvalue weighted by molar-refractivity contribution is 7.91. The lowest BCUT2D eigenvalue weighted by Crippen LogP contribution is -2.08. The first kappa shape index (κ1) is 89.4. The predicted molar refractivity (Wildman–Crippen MR) is 400 cm³/mol. The molecule has 4 nitrogen and oxygen atoms in total. The van der Waals surface area contributed by atoms with Crippen molar-refractivity contribution in [1.82, 2.24) is 0 Å². The summed E-state index contributed by atoms with van der Waals surface area (Å²) >= 11 is 0. The monoisotopic (exact) mass is 1220 g/mol. The van der Waals surface area contributed by atoms with E-state index in [0.29, 0.717) is 9.79 Å². The van der Waals surface area contributed by atoms with E-state index < -0.39 is 9.84 Å². The number of ketones is 1. The van der Waals surface area contributed by atoms with Crippen LogP contribution >= 0.6 is 0 Å². The van der Waals surface area contributed by atoms with Crippen LogP contribution < -0.4 is 4.90 Å². The smallest absolute Gasteiger partial charge is 0.206 e. The molecule has 0 fully saturated rings. The molecule has 0 aliphatic heterocycles. The zero-order valence-electron chi connectivity index (χ0n) is 58.9. The number of nitrogens with zero attached hydrogens (tertiary/aromatic N) is 1. The number of sulfone groups is 1. The van der Waals surface area contributed by atoms with E-state index in [4.69, 9.17) is 0 Å². The molecule has 10 rings (SSSR count). The van der Waals surface area contributed by atoms with Gasteiger partial charge in [-0.15, -0.1) is 0 Å². The van der Waals surface area contributed by atoms with Gasteiger partial charge in [0.25, 0.3) is 0 Å². The molecule has 0 bridgehead atoms. The van der Waals surface area contributed by atoms with Crippen LogP contribution in [-0.2, 0) is 22.7 Å². The van der Waals surface area contributed by atoms with Crippen LogP contribution in [0.2, 0.25) is 0 Å². The maximum Gasteiger partial charge on any atom is 0.206 e. The number of carbonyl (C=O) groups is 1. The van der Waals surface area contributed by atoms with E-state index in [1.165, 1.54) is 33.6 Å². The molecule has 0 spiro atoms. The van der Waals surface area contributed by atoms with Crippen LogP contribution in [0.25, 0.3) is 0 Å². The van der Waals surface area contributed by atoms with E-state index in [1.807, 2.05) is 211 Å². The zero-order chi connectivity index (χ0) is 68.2. The average molecular weight is 1220 g/mol. The lowest BCUT2D eigenvalue weighted by molar-refractivity contribution is 0.103. The third-order valence-corrected chi connectivity index (χ3v) is 12.4. The molecule has 0 unspecified atom stereocenters. The minimum atomic E-state index is -3.34. The van der Waals surface area contributed by atoms with E-state index in [0.717, 1.165) is 24.0 Å². The average Bonchev–Trinajstić information content (AvgIpc) is 3.78. The van der Waals surface area contributed by atoms with Gasteiger partial charge in [-0.25, -0.2) is 8.42 Å². The van der Waals surface area contributed by atoms with Gasteiger partial charge < -0.3 is 4.90 Å². The van der Waals surface area contributed by atoms with Gasteiger partial charge in [0.15, 0.2) is 5.78 Å². The van der Waals surface area contributed by atoms with Crippen LogP contribution in [0.15, 0.2) is 313 Å². The van der Waals surface area contributed by atoms with E-state index in [9.17, 15) is 13.2 Å². The van der Waals surface area contributed by atoms with Gasteiger partial charge in [-0.1, -0.05) is 393 Å². The van der Waals surface area contributed by atoms with Gasteiger partial charge in [0.05, 0.1) is 9.79 Å². The first-order valence-electron chi connectivity index (χ1n) is 32.9. The van der Waals surface area contributed by atoms with Crippen molar-refractivity contribution in [2.75, 3.05) is 11.9 Å². The standard InChI is InChI=1S/C13H13N.C13H10O.2C13H12.C12H10O2S.10C2H6/c1-14(12-8-4-2-5-9-12)13-10-6-3-7-11-13;14-13(11-7-3-1-4-8-11)12-9-5-2-6-10-12;2*1-3-7-12(8-4-1)11-13-9-5-2-6-10-13;13-15(14,11-7-3-1-4-8-11)12-9-5-2-6-10-12;10*1-2/h2-11H,1H3;1-10H;2*1-10H,11H2;1-10H;10*1-2H3. The van der Waals surface area contributed by atoms with Gasteiger partial charge in [-0.3, -0.25) is 4.79 Å². The van der Waals surface area contributed by atoms with Crippen LogP contribution in [0.1, 0.15) is 177 Å². The van der Waals surface area contributed by atoms with Gasteiger partial charge >= 0.3 is 0 Å². The van der Waals surface area contributed by atoms with Crippen LogP contribution in [0.5, 0.6) is 0 Å². The van der Waals surface area contributed by atoms with Gasteiger partial charge in [0, 0.05) is 29.5 Å². The Morgan fingerprint density at radius 1 is 0.247 bits per heavy atom. The Morgan fingerprint density at radius 3 is 0.596 bits per heavy atom. The second-order valence-electron chi connectivity index (χ2n) is 15.7. The Labute approximate surface area is 546 Å². The summed E-state index contributed by atoms with van der Waals surface area (Å²) in [4.78, 5) is 14.7. The second-order valence-corrected chi connectivity index (χ2v) is 17.7. The summed E-state index contributed by atoms with van der Waals surface area (Å²) in [7, 11) is -1.26. The Bertz CT molecular complexity index is 2740. The number of rotatable bonds is 10. The summed E-state index contributed by atoms with van der Waals surface area (Å²) in [6, 6.07) is 98.3. The highest BCUT2D eigenvalue weighted by Crippen LogP contribution is 2.22.